The number of halogens is 1. The number of carbonyl (C=O) groups excluding carboxylic acids is 1. The minimum Gasteiger partial charge on any atom is -0.391 e. The molecule has 1 amide bonds. The van der Waals surface area contributed by atoms with Gasteiger partial charge in [-0.2, -0.15) is 5.10 Å². The first-order valence-corrected chi connectivity index (χ1v) is 14.0. The molecule has 3 heterocycles. The van der Waals surface area contributed by atoms with Crippen LogP contribution in [0.25, 0.3) is 26.7 Å². The van der Waals surface area contributed by atoms with E-state index in [0.717, 1.165) is 15.3 Å². The van der Waals surface area contributed by atoms with Gasteiger partial charge in [-0.1, -0.05) is 35.9 Å². The molecule has 0 spiro atoms. The lowest BCUT2D eigenvalue weighted by atomic mass is 10.2. The number of rotatable bonds is 5. The summed E-state index contributed by atoms with van der Waals surface area (Å²) in [4.78, 5) is 16.7. The maximum absolute atomic E-state index is 13.1. The van der Waals surface area contributed by atoms with Crippen LogP contribution in [-0.4, -0.2) is 59.6 Å². The van der Waals surface area contributed by atoms with E-state index < -0.39 is 15.9 Å². The van der Waals surface area contributed by atoms with Crippen LogP contribution in [0.15, 0.2) is 71.6 Å². The smallest absolute Gasteiger partial charge is 0.274 e. The molecule has 0 aliphatic carbocycles. The van der Waals surface area contributed by atoms with Crippen LogP contribution in [-0.2, 0) is 9.84 Å². The Hall–Kier alpha value is -2.98. The first-order valence-electron chi connectivity index (χ1n) is 10.9. The molecule has 1 atom stereocenters. The van der Waals surface area contributed by atoms with Gasteiger partial charge >= 0.3 is 0 Å². The normalized spacial score (nSPS) is 16.1. The Balaban J connectivity index is 1.58. The molecular weight excluding hydrogens is 506 g/mol. The molecule has 2 aromatic heterocycles. The highest BCUT2D eigenvalue weighted by atomic mass is 35.5. The van der Waals surface area contributed by atoms with Crippen molar-refractivity contribution in [1.82, 2.24) is 14.7 Å². The van der Waals surface area contributed by atoms with E-state index in [4.69, 9.17) is 11.6 Å². The summed E-state index contributed by atoms with van der Waals surface area (Å²) in [6.45, 7) is 0.765. The molecule has 0 radical (unpaired) electrons. The zero-order chi connectivity index (χ0) is 24.7. The van der Waals surface area contributed by atoms with Gasteiger partial charge < -0.3 is 10.0 Å². The highest BCUT2D eigenvalue weighted by molar-refractivity contribution is 7.90. The number of nitrogens with zero attached hydrogens (tertiary/aromatic N) is 3. The van der Waals surface area contributed by atoms with Gasteiger partial charge in [-0.3, -0.25) is 4.79 Å². The Morgan fingerprint density at radius 1 is 1.09 bits per heavy atom. The monoisotopic (exact) mass is 527 g/mol. The second kappa shape index (κ2) is 9.23. The second-order valence-corrected chi connectivity index (χ2v) is 11.9. The third-order valence-electron chi connectivity index (χ3n) is 5.86. The van der Waals surface area contributed by atoms with Gasteiger partial charge in [-0.25, -0.2) is 13.1 Å². The van der Waals surface area contributed by atoms with Crippen molar-refractivity contribution in [3.8, 4) is 26.7 Å². The van der Waals surface area contributed by atoms with E-state index in [1.54, 1.807) is 39.9 Å². The second-order valence-electron chi connectivity index (χ2n) is 8.44. The van der Waals surface area contributed by atoms with Crippen molar-refractivity contribution in [3.05, 3.63) is 77.4 Å². The van der Waals surface area contributed by atoms with Gasteiger partial charge in [0.1, 0.15) is 0 Å². The van der Waals surface area contributed by atoms with Crippen molar-refractivity contribution < 1.29 is 18.3 Å². The lowest BCUT2D eigenvalue weighted by molar-refractivity contribution is 0.0758. The molecule has 0 unspecified atom stereocenters. The van der Waals surface area contributed by atoms with Crippen molar-refractivity contribution in [1.29, 1.82) is 0 Å². The van der Waals surface area contributed by atoms with Gasteiger partial charge in [0, 0.05) is 24.2 Å². The van der Waals surface area contributed by atoms with E-state index in [0.29, 0.717) is 29.4 Å². The molecule has 35 heavy (non-hydrogen) atoms. The highest BCUT2D eigenvalue weighted by Gasteiger charge is 2.28. The summed E-state index contributed by atoms with van der Waals surface area (Å²) in [6.07, 6.45) is 1.21. The lowest BCUT2D eigenvalue weighted by Gasteiger charge is -2.13. The number of β-amino-alcohol motifs (C(OH)–C–C–N with tert-alkyl or cyclic N) is 1. The Kier molecular flexibility index (Phi) is 6.27. The van der Waals surface area contributed by atoms with Gasteiger partial charge in [-0.05, 0) is 54.4 Å². The predicted molar refractivity (Wildman–Crippen MR) is 137 cm³/mol. The number of aromatic nitrogens is 2. The number of amides is 1. The zero-order valence-corrected chi connectivity index (χ0v) is 21.1. The minimum atomic E-state index is -3.33. The van der Waals surface area contributed by atoms with Crippen molar-refractivity contribution in [2.45, 2.75) is 17.4 Å². The molecule has 1 N–H and O–H groups in total. The summed E-state index contributed by atoms with van der Waals surface area (Å²) in [6, 6.07) is 19.7. The fourth-order valence-electron chi connectivity index (χ4n) is 4.07. The molecule has 10 heteroatoms. The van der Waals surface area contributed by atoms with Crippen LogP contribution in [0.2, 0.25) is 5.02 Å². The maximum Gasteiger partial charge on any atom is 0.274 e. The third kappa shape index (κ3) is 4.77. The van der Waals surface area contributed by atoms with Gasteiger partial charge in [-0.15, -0.1) is 11.3 Å². The predicted octanol–water partition coefficient (Wildman–Crippen LogP) is 4.53. The Morgan fingerprint density at radius 3 is 2.57 bits per heavy atom. The Morgan fingerprint density at radius 2 is 1.86 bits per heavy atom. The number of sulfone groups is 1. The topological polar surface area (TPSA) is 92.5 Å². The largest absolute Gasteiger partial charge is 0.391 e. The summed E-state index contributed by atoms with van der Waals surface area (Å²) in [5.41, 5.74) is 2.38. The summed E-state index contributed by atoms with van der Waals surface area (Å²) < 4.78 is 25.7. The SMILES string of the molecule is CS(=O)(=O)c1cccc(-c2ccc(-c3cc(C(=O)N4CC[C@@H](O)C4)nn3-c3ccccc3Cl)s2)c1. The zero-order valence-electron chi connectivity index (χ0n) is 18.8. The fourth-order valence-corrected chi connectivity index (χ4v) is 5.95. The number of thiophene rings is 1. The van der Waals surface area contributed by atoms with Crippen LogP contribution >= 0.6 is 22.9 Å². The molecule has 180 valence electrons. The molecule has 1 fully saturated rings. The average molecular weight is 528 g/mol. The van der Waals surface area contributed by atoms with Crippen LogP contribution in [0.4, 0.5) is 0 Å². The Labute approximate surface area is 212 Å². The van der Waals surface area contributed by atoms with Crippen LogP contribution < -0.4 is 0 Å². The van der Waals surface area contributed by atoms with E-state index in [-0.39, 0.29) is 23.0 Å². The number of benzene rings is 2. The summed E-state index contributed by atoms with van der Waals surface area (Å²) in [5.74, 6) is -0.244. The quantitative estimate of drug-likeness (QED) is 0.411. The highest BCUT2D eigenvalue weighted by Crippen LogP contribution is 2.37. The van der Waals surface area contributed by atoms with Gasteiger partial charge in [0.15, 0.2) is 15.5 Å². The molecule has 1 aliphatic heterocycles. The lowest BCUT2D eigenvalue weighted by Crippen LogP contribution is -2.29. The molecule has 4 aromatic rings. The number of likely N-dealkylation sites (tertiary alicyclic amines) is 1. The molecule has 0 saturated carbocycles. The number of hydrogen-bond acceptors (Lipinski definition) is 6. The van der Waals surface area contributed by atoms with E-state index in [1.807, 2.05) is 36.4 Å². The molecule has 1 aliphatic rings. The molecule has 1 saturated heterocycles. The van der Waals surface area contributed by atoms with E-state index in [2.05, 4.69) is 5.10 Å². The van der Waals surface area contributed by atoms with Crippen molar-refractivity contribution in [3.63, 3.8) is 0 Å². The van der Waals surface area contributed by atoms with Crippen LogP contribution in [0, 0.1) is 0 Å². The summed E-state index contributed by atoms with van der Waals surface area (Å²) in [5, 5.41) is 14.9. The molecule has 7 nitrogen and oxygen atoms in total. The van der Waals surface area contributed by atoms with Crippen molar-refractivity contribution in [2.75, 3.05) is 19.3 Å². The summed E-state index contributed by atoms with van der Waals surface area (Å²) >= 11 is 7.94. The van der Waals surface area contributed by atoms with Gasteiger partial charge in [0.05, 0.1) is 32.3 Å². The Bertz CT molecular complexity index is 1530. The average Bonchev–Trinajstić information content (AvgIpc) is 3.58. The van der Waals surface area contributed by atoms with Crippen molar-refractivity contribution in [2.24, 2.45) is 0 Å². The number of aliphatic hydroxyl groups is 1. The van der Waals surface area contributed by atoms with E-state index in [9.17, 15) is 18.3 Å². The number of aliphatic hydroxyl groups excluding tert-OH is 1. The minimum absolute atomic E-state index is 0.244. The first kappa shape index (κ1) is 23.7. The van der Waals surface area contributed by atoms with Gasteiger partial charge in [0.25, 0.3) is 5.91 Å². The molecule has 0 bridgehead atoms. The molecular formula is C25H22ClN3O4S2. The van der Waals surface area contributed by atoms with Crippen LogP contribution in [0.3, 0.4) is 0 Å². The molecule has 2 aromatic carbocycles. The van der Waals surface area contributed by atoms with Crippen LogP contribution in [0.5, 0.6) is 0 Å². The standard InChI is InChI=1S/C25H22ClN3O4S2/c1-35(32,33)18-6-4-5-16(13-18)23-9-10-24(34-23)22-14-20(25(31)28-12-11-17(30)15-28)27-29(22)21-8-3-2-7-19(21)26/h2-10,13-14,17,30H,11-12,15H2,1H3/t17-/m1/s1. The maximum atomic E-state index is 13.1. The fraction of sp³-hybridized carbons (Fsp3) is 0.200. The van der Waals surface area contributed by atoms with Crippen LogP contribution in [0.1, 0.15) is 16.9 Å². The summed E-state index contributed by atoms with van der Waals surface area (Å²) in [7, 11) is -3.33. The molecule has 5 rings (SSSR count). The van der Waals surface area contributed by atoms with E-state index >= 15 is 0 Å². The third-order valence-corrected chi connectivity index (χ3v) is 8.45. The number of carbonyl (C=O) groups is 1. The number of para-hydroxylation sites is 1. The van der Waals surface area contributed by atoms with Gasteiger partial charge in [0.2, 0.25) is 0 Å². The van der Waals surface area contributed by atoms with Crippen molar-refractivity contribution >= 4 is 38.7 Å². The first-order chi connectivity index (χ1) is 16.7. The van der Waals surface area contributed by atoms with E-state index in [1.165, 1.54) is 17.6 Å². The number of hydrogen-bond donors (Lipinski definition) is 1.